The van der Waals surface area contributed by atoms with Gasteiger partial charge in [-0.3, -0.25) is 15.2 Å². The summed E-state index contributed by atoms with van der Waals surface area (Å²) in [7, 11) is 0. The number of hydrogen-bond donors (Lipinski definition) is 2. The number of benzene rings is 4. The Bertz CT molecular complexity index is 1520. The normalized spacial score (nSPS) is 19.2. The standard InChI is InChI=1S/C37H40N2O5/c40-36(22-29-11-7-12-30(21-29)26-44-39(41)42)38-20-17-34(33-16-8-15-32(23-33)31-13-5-2-6-14-31)35(25-38)43-27-37(18-19-37)24-28-9-3-1-4-10-28/h1-16,21,23,34-35,41-42H,17-20,22,24-27H2/t34-,35?/m1/s1. The zero-order valence-electron chi connectivity index (χ0n) is 24.9. The van der Waals surface area contributed by atoms with Crippen molar-refractivity contribution in [3.63, 3.8) is 0 Å². The molecule has 7 nitrogen and oxygen atoms in total. The summed E-state index contributed by atoms with van der Waals surface area (Å²) in [5, 5.41) is 17.4. The van der Waals surface area contributed by atoms with Gasteiger partial charge in [0.1, 0.15) is 0 Å². The zero-order valence-corrected chi connectivity index (χ0v) is 24.9. The lowest BCUT2D eigenvalue weighted by Crippen LogP contribution is -2.48. The molecule has 1 unspecified atom stereocenters. The van der Waals surface area contributed by atoms with Gasteiger partial charge in [-0.1, -0.05) is 109 Å². The molecular formula is C37H40N2O5. The van der Waals surface area contributed by atoms with Gasteiger partial charge in [-0.25, -0.2) is 4.84 Å². The average molecular weight is 593 g/mol. The highest BCUT2D eigenvalue weighted by molar-refractivity contribution is 5.79. The van der Waals surface area contributed by atoms with Crippen molar-refractivity contribution in [2.45, 2.75) is 50.7 Å². The lowest BCUT2D eigenvalue weighted by Gasteiger charge is -2.39. The third kappa shape index (κ3) is 7.80. The smallest absolute Gasteiger partial charge is 0.227 e. The van der Waals surface area contributed by atoms with Crippen molar-refractivity contribution in [1.29, 1.82) is 0 Å². The van der Waals surface area contributed by atoms with E-state index in [2.05, 4.69) is 78.9 Å². The van der Waals surface area contributed by atoms with Gasteiger partial charge in [-0.15, -0.1) is 0 Å². The molecule has 2 atom stereocenters. The van der Waals surface area contributed by atoms with E-state index in [4.69, 9.17) is 20.0 Å². The molecule has 2 aliphatic rings. The molecule has 0 radical (unpaired) electrons. The number of likely N-dealkylation sites (tertiary alicyclic amines) is 1. The summed E-state index contributed by atoms with van der Waals surface area (Å²) in [6.45, 7) is 1.90. The quantitative estimate of drug-likeness (QED) is 0.176. The van der Waals surface area contributed by atoms with Crippen LogP contribution in [0.2, 0.25) is 0 Å². The highest BCUT2D eigenvalue weighted by Gasteiger charge is 2.44. The Kier molecular flexibility index (Phi) is 9.50. The van der Waals surface area contributed by atoms with E-state index in [-0.39, 0.29) is 41.8 Å². The molecule has 1 amide bonds. The van der Waals surface area contributed by atoms with Gasteiger partial charge in [-0.2, -0.15) is 0 Å². The SMILES string of the molecule is O=C(Cc1cccc(CON(O)O)c1)N1CC[C@H](c2cccc(-c3ccccc3)c2)C(OCC2(Cc3ccccc3)CC2)C1. The molecule has 1 saturated heterocycles. The maximum Gasteiger partial charge on any atom is 0.227 e. The van der Waals surface area contributed by atoms with E-state index in [0.29, 0.717) is 19.7 Å². The zero-order chi connectivity index (χ0) is 30.4. The van der Waals surface area contributed by atoms with E-state index in [1.165, 1.54) is 22.3 Å². The van der Waals surface area contributed by atoms with Gasteiger partial charge in [-0.05, 0) is 64.5 Å². The Morgan fingerprint density at radius 1 is 0.818 bits per heavy atom. The summed E-state index contributed by atoms with van der Waals surface area (Å²) in [5.74, 6) is 0.250. The summed E-state index contributed by atoms with van der Waals surface area (Å²) in [5.41, 5.74) is 6.76. The molecule has 228 valence electrons. The summed E-state index contributed by atoms with van der Waals surface area (Å²) in [4.78, 5) is 20.3. The van der Waals surface area contributed by atoms with Crippen LogP contribution in [0.4, 0.5) is 0 Å². The lowest BCUT2D eigenvalue weighted by atomic mass is 9.85. The number of ether oxygens (including phenoxy) is 1. The Morgan fingerprint density at radius 3 is 2.25 bits per heavy atom. The fraction of sp³-hybridized carbons (Fsp3) is 0.324. The maximum absolute atomic E-state index is 13.6. The number of carbonyl (C=O) groups is 1. The first-order valence-corrected chi connectivity index (χ1v) is 15.4. The molecule has 2 N–H and O–H groups in total. The molecule has 0 spiro atoms. The van der Waals surface area contributed by atoms with Gasteiger partial charge in [0.15, 0.2) is 0 Å². The molecule has 0 bridgehead atoms. The molecule has 2 fully saturated rings. The summed E-state index contributed by atoms with van der Waals surface area (Å²) in [6.07, 6.45) is 4.32. The molecule has 0 aromatic heterocycles. The van der Waals surface area contributed by atoms with E-state index in [0.717, 1.165) is 36.8 Å². The third-order valence-electron chi connectivity index (χ3n) is 9.01. The first kappa shape index (κ1) is 30.2. The van der Waals surface area contributed by atoms with Crippen molar-refractivity contribution in [3.05, 3.63) is 131 Å². The van der Waals surface area contributed by atoms with Crippen LogP contribution < -0.4 is 0 Å². The number of piperidine rings is 1. The average Bonchev–Trinajstić information content (AvgIpc) is 3.83. The number of nitrogens with zero attached hydrogens (tertiary/aromatic N) is 2. The Labute approximate surface area is 259 Å². The minimum atomic E-state index is -0.302. The minimum Gasteiger partial charge on any atom is -0.375 e. The Morgan fingerprint density at radius 2 is 1.50 bits per heavy atom. The van der Waals surface area contributed by atoms with Gasteiger partial charge in [0.2, 0.25) is 5.91 Å². The second-order valence-corrected chi connectivity index (χ2v) is 12.3. The number of hydrogen-bond acceptors (Lipinski definition) is 6. The van der Waals surface area contributed by atoms with Crippen LogP contribution in [0.3, 0.4) is 0 Å². The summed E-state index contributed by atoms with van der Waals surface area (Å²) in [6, 6.07) is 37.3. The van der Waals surface area contributed by atoms with Gasteiger partial charge in [0, 0.05) is 19.0 Å². The number of rotatable bonds is 12. The highest BCUT2D eigenvalue weighted by Crippen LogP contribution is 2.49. The topological polar surface area (TPSA) is 82.5 Å². The second kappa shape index (κ2) is 13.8. The van der Waals surface area contributed by atoms with Crippen molar-refractivity contribution >= 4 is 5.91 Å². The molecule has 4 aromatic carbocycles. The van der Waals surface area contributed by atoms with E-state index >= 15 is 0 Å². The monoisotopic (exact) mass is 592 g/mol. The molecule has 1 aliphatic carbocycles. The highest BCUT2D eigenvalue weighted by atomic mass is 17.1. The molecule has 1 heterocycles. The summed E-state index contributed by atoms with van der Waals surface area (Å²) >= 11 is 0. The van der Waals surface area contributed by atoms with Crippen LogP contribution in [0.25, 0.3) is 11.1 Å². The van der Waals surface area contributed by atoms with Gasteiger partial charge < -0.3 is 9.64 Å². The van der Waals surface area contributed by atoms with Gasteiger partial charge in [0.05, 0.1) is 31.1 Å². The van der Waals surface area contributed by atoms with Gasteiger partial charge in [0.25, 0.3) is 0 Å². The lowest BCUT2D eigenvalue weighted by molar-refractivity contribution is -0.497. The molecule has 7 heteroatoms. The fourth-order valence-corrected chi connectivity index (χ4v) is 6.38. The predicted molar refractivity (Wildman–Crippen MR) is 168 cm³/mol. The number of carbonyl (C=O) groups excluding carboxylic acids is 1. The Balaban J connectivity index is 1.18. The van der Waals surface area contributed by atoms with Crippen LogP contribution in [0.1, 0.15) is 47.4 Å². The molecule has 44 heavy (non-hydrogen) atoms. The predicted octanol–water partition coefficient (Wildman–Crippen LogP) is 6.83. The van der Waals surface area contributed by atoms with E-state index in [9.17, 15) is 4.79 Å². The van der Waals surface area contributed by atoms with Crippen molar-refractivity contribution in [1.82, 2.24) is 10.3 Å². The largest absolute Gasteiger partial charge is 0.375 e. The molecule has 6 rings (SSSR count). The minimum absolute atomic E-state index is 0.0108. The van der Waals surface area contributed by atoms with E-state index < -0.39 is 0 Å². The number of amides is 1. The van der Waals surface area contributed by atoms with E-state index in [1.54, 1.807) is 0 Å². The van der Waals surface area contributed by atoms with Crippen LogP contribution >= 0.6 is 0 Å². The Hall–Kier alpha value is -3.85. The van der Waals surface area contributed by atoms with E-state index in [1.807, 2.05) is 35.2 Å². The maximum atomic E-state index is 13.6. The van der Waals surface area contributed by atoms with Crippen LogP contribution in [0.15, 0.2) is 109 Å². The van der Waals surface area contributed by atoms with Crippen molar-refractivity contribution in [2.75, 3.05) is 19.7 Å². The van der Waals surface area contributed by atoms with Crippen molar-refractivity contribution in [3.8, 4) is 11.1 Å². The first-order chi connectivity index (χ1) is 21.5. The van der Waals surface area contributed by atoms with Crippen LogP contribution in [0, 0.1) is 5.41 Å². The fourth-order valence-electron chi connectivity index (χ4n) is 6.38. The first-order valence-electron chi connectivity index (χ1n) is 15.4. The molecule has 1 aliphatic heterocycles. The summed E-state index contributed by atoms with van der Waals surface area (Å²) < 4.78 is 6.84. The molecule has 1 saturated carbocycles. The van der Waals surface area contributed by atoms with Crippen molar-refractivity contribution in [2.24, 2.45) is 5.41 Å². The van der Waals surface area contributed by atoms with Crippen LogP contribution in [-0.2, 0) is 33.8 Å². The van der Waals surface area contributed by atoms with Crippen molar-refractivity contribution < 1.29 is 24.8 Å². The molecular weight excluding hydrogens is 552 g/mol. The van der Waals surface area contributed by atoms with Crippen LogP contribution in [-0.4, -0.2) is 52.4 Å². The third-order valence-corrected chi connectivity index (χ3v) is 9.01. The molecule has 4 aromatic rings. The van der Waals surface area contributed by atoms with Crippen LogP contribution in [0.5, 0.6) is 0 Å². The second-order valence-electron chi connectivity index (χ2n) is 12.3. The van der Waals surface area contributed by atoms with Gasteiger partial charge >= 0.3 is 0 Å².